The van der Waals surface area contributed by atoms with Gasteiger partial charge in [-0.15, -0.1) is 0 Å². The molecule has 1 aliphatic heterocycles. The van der Waals surface area contributed by atoms with Gasteiger partial charge >= 0.3 is 0 Å². The number of aromatic nitrogens is 1. The predicted octanol–water partition coefficient (Wildman–Crippen LogP) is 4.46. The van der Waals surface area contributed by atoms with Crippen molar-refractivity contribution in [3.05, 3.63) is 22.6 Å². The topological polar surface area (TPSA) is 19.4 Å². The molecule has 3 rings (SSSR count). The van der Waals surface area contributed by atoms with Crippen molar-refractivity contribution in [1.82, 2.24) is 9.88 Å². The number of rotatable bonds is 5. The highest BCUT2D eigenvalue weighted by Crippen LogP contribution is 2.30. The lowest BCUT2D eigenvalue weighted by Crippen LogP contribution is -2.48. The third-order valence-corrected chi connectivity index (χ3v) is 5.81. The van der Waals surface area contributed by atoms with Crippen LogP contribution in [0, 0.1) is 11.7 Å². The Morgan fingerprint density at radius 3 is 2.52 bits per heavy atom. The van der Waals surface area contributed by atoms with E-state index in [0.29, 0.717) is 16.3 Å². The summed E-state index contributed by atoms with van der Waals surface area (Å²) in [5.41, 5.74) is 0. The fourth-order valence-electron chi connectivity index (χ4n) is 3.77. The van der Waals surface area contributed by atoms with E-state index >= 15 is 0 Å². The maximum Gasteiger partial charge on any atom is 0.166 e. The molecule has 3 nitrogen and oxygen atoms in total. The van der Waals surface area contributed by atoms with Gasteiger partial charge in [0.25, 0.3) is 0 Å². The molecule has 2 aliphatic rings. The zero-order chi connectivity index (χ0) is 16.4. The molecule has 0 unspecified atom stereocenters. The molecule has 0 N–H and O–H groups in total. The van der Waals surface area contributed by atoms with Crippen LogP contribution in [0.5, 0.6) is 0 Å². The number of halogens is 2. The highest BCUT2D eigenvalue weighted by Gasteiger charge is 2.30. The molecule has 1 aromatic heterocycles. The Morgan fingerprint density at radius 2 is 2.00 bits per heavy atom. The van der Waals surface area contributed by atoms with E-state index in [1.807, 2.05) is 0 Å². The molecular formula is C18H27BrFN3. The van der Waals surface area contributed by atoms with Crippen LogP contribution in [-0.4, -0.2) is 41.6 Å². The van der Waals surface area contributed by atoms with Crippen molar-refractivity contribution in [2.45, 2.75) is 58.0 Å². The van der Waals surface area contributed by atoms with Crippen molar-refractivity contribution in [1.29, 1.82) is 0 Å². The molecule has 23 heavy (non-hydrogen) atoms. The van der Waals surface area contributed by atoms with Crippen LogP contribution in [0.25, 0.3) is 0 Å². The van der Waals surface area contributed by atoms with Crippen LogP contribution >= 0.6 is 15.9 Å². The van der Waals surface area contributed by atoms with Crippen LogP contribution in [-0.2, 0) is 0 Å². The molecule has 2 heterocycles. The molecule has 0 atom stereocenters. The second kappa shape index (κ2) is 7.47. The first-order valence-electron chi connectivity index (χ1n) is 8.86. The molecular weight excluding hydrogens is 357 g/mol. The summed E-state index contributed by atoms with van der Waals surface area (Å²) in [4.78, 5) is 9.06. The first kappa shape index (κ1) is 17.2. The van der Waals surface area contributed by atoms with E-state index in [-0.39, 0.29) is 5.82 Å². The molecule has 0 radical (unpaired) electrons. The van der Waals surface area contributed by atoms with Crippen LogP contribution in [0.15, 0.2) is 16.7 Å². The van der Waals surface area contributed by atoms with Crippen LogP contribution < -0.4 is 4.90 Å². The molecule has 1 saturated carbocycles. The van der Waals surface area contributed by atoms with Gasteiger partial charge in [0.15, 0.2) is 11.6 Å². The number of hydrogen-bond donors (Lipinski definition) is 0. The van der Waals surface area contributed by atoms with Crippen molar-refractivity contribution < 1.29 is 4.39 Å². The van der Waals surface area contributed by atoms with Crippen molar-refractivity contribution in [3.8, 4) is 0 Å². The van der Waals surface area contributed by atoms with Gasteiger partial charge in [0.05, 0.1) is 0 Å². The van der Waals surface area contributed by atoms with Crippen molar-refractivity contribution in [2.24, 2.45) is 5.92 Å². The molecule has 2 fully saturated rings. The van der Waals surface area contributed by atoms with Crippen molar-refractivity contribution >= 4 is 21.7 Å². The van der Waals surface area contributed by atoms with E-state index in [2.05, 4.69) is 44.6 Å². The van der Waals surface area contributed by atoms with Crippen LogP contribution in [0.4, 0.5) is 10.2 Å². The lowest BCUT2D eigenvalue weighted by Gasteiger charge is -2.43. The molecule has 0 bridgehead atoms. The fourth-order valence-corrected chi connectivity index (χ4v) is 4.07. The third-order valence-electron chi connectivity index (χ3n) is 5.38. The average molecular weight is 384 g/mol. The zero-order valence-corrected chi connectivity index (χ0v) is 15.7. The Bertz CT molecular complexity index is 525. The second-order valence-electron chi connectivity index (χ2n) is 7.26. The van der Waals surface area contributed by atoms with Gasteiger partial charge < -0.3 is 4.90 Å². The Balaban J connectivity index is 1.55. The number of anilines is 1. The van der Waals surface area contributed by atoms with Crippen LogP contribution in [0.3, 0.4) is 0 Å². The molecule has 1 aromatic rings. The van der Waals surface area contributed by atoms with E-state index in [1.54, 1.807) is 6.20 Å². The van der Waals surface area contributed by atoms with E-state index in [0.717, 1.165) is 37.9 Å². The standard InChI is InChI=1S/C18H27BrFN3/c1-13(2)23(16-4-3-5-16)12-14-6-8-22(9-7-14)18-17(20)10-15(19)11-21-18/h10-11,13-14,16H,3-9,12H2,1-2H3. The molecule has 128 valence electrons. The molecule has 5 heteroatoms. The Morgan fingerprint density at radius 1 is 1.30 bits per heavy atom. The van der Waals surface area contributed by atoms with Gasteiger partial charge in [0.1, 0.15) is 0 Å². The SMILES string of the molecule is CC(C)N(CC1CCN(c2ncc(Br)cc2F)CC1)C1CCC1. The number of pyridine rings is 1. The number of hydrogen-bond acceptors (Lipinski definition) is 3. The first-order valence-corrected chi connectivity index (χ1v) is 9.65. The lowest BCUT2D eigenvalue weighted by atomic mass is 9.88. The lowest BCUT2D eigenvalue weighted by molar-refractivity contribution is 0.0712. The van der Waals surface area contributed by atoms with Crippen LogP contribution in [0.2, 0.25) is 0 Å². The Hall–Kier alpha value is -0.680. The predicted molar refractivity (Wildman–Crippen MR) is 96.3 cm³/mol. The molecule has 0 amide bonds. The van der Waals surface area contributed by atoms with Gasteiger partial charge in [0.2, 0.25) is 0 Å². The average Bonchev–Trinajstić information content (AvgIpc) is 2.46. The minimum absolute atomic E-state index is 0.226. The van der Waals surface area contributed by atoms with Gasteiger partial charge in [-0.1, -0.05) is 6.42 Å². The number of piperidine rings is 1. The van der Waals surface area contributed by atoms with Gasteiger partial charge in [0, 0.05) is 42.4 Å². The summed E-state index contributed by atoms with van der Waals surface area (Å²) >= 11 is 3.27. The number of nitrogens with zero attached hydrogens (tertiary/aromatic N) is 3. The van der Waals surface area contributed by atoms with Crippen molar-refractivity contribution in [2.75, 3.05) is 24.5 Å². The molecule has 1 saturated heterocycles. The Labute approximate surface area is 147 Å². The van der Waals surface area contributed by atoms with E-state index in [9.17, 15) is 4.39 Å². The summed E-state index contributed by atoms with van der Waals surface area (Å²) in [6.45, 7) is 7.65. The zero-order valence-electron chi connectivity index (χ0n) is 14.1. The van der Waals surface area contributed by atoms with Gasteiger partial charge in [-0.2, -0.15) is 0 Å². The Kier molecular flexibility index (Phi) is 5.57. The summed E-state index contributed by atoms with van der Waals surface area (Å²) in [7, 11) is 0. The third kappa shape index (κ3) is 4.05. The smallest absolute Gasteiger partial charge is 0.166 e. The first-order chi connectivity index (χ1) is 11.0. The minimum atomic E-state index is -0.226. The second-order valence-corrected chi connectivity index (χ2v) is 8.18. The van der Waals surface area contributed by atoms with Crippen molar-refractivity contribution in [3.63, 3.8) is 0 Å². The normalized spacial score (nSPS) is 20.3. The summed E-state index contributed by atoms with van der Waals surface area (Å²) in [6.07, 6.45) is 8.07. The fraction of sp³-hybridized carbons (Fsp3) is 0.722. The largest absolute Gasteiger partial charge is 0.354 e. The summed E-state index contributed by atoms with van der Waals surface area (Å²) in [5.74, 6) is 1.01. The molecule has 0 aromatic carbocycles. The molecule has 0 spiro atoms. The summed E-state index contributed by atoms with van der Waals surface area (Å²) < 4.78 is 14.8. The maximum atomic E-state index is 14.1. The minimum Gasteiger partial charge on any atom is -0.354 e. The van der Waals surface area contributed by atoms with Crippen LogP contribution in [0.1, 0.15) is 46.0 Å². The monoisotopic (exact) mass is 383 g/mol. The highest BCUT2D eigenvalue weighted by atomic mass is 79.9. The van der Waals surface area contributed by atoms with E-state index in [4.69, 9.17) is 0 Å². The van der Waals surface area contributed by atoms with E-state index < -0.39 is 0 Å². The van der Waals surface area contributed by atoms with Gasteiger partial charge in [-0.25, -0.2) is 9.37 Å². The summed E-state index contributed by atoms with van der Waals surface area (Å²) in [5, 5.41) is 0. The van der Waals surface area contributed by atoms with E-state index in [1.165, 1.54) is 31.9 Å². The highest BCUT2D eigenvalue weighted by molar-refractivity contribution is 9.10. The van der Waals surface area contributed by atoms with Gasteiger partial charge in [-0.3, -0.25) is 4.90 Å². The maximum absolute atomic E-state index is 14.1. The molecule has 1 aliphatic carbocycles. The summed E-state index contributed by atoms with van der Waals surface area (Å²) in [6, 6.07) is 2.94. The quantitative estimate of drug-likeness (QED) is 0.747. The van der Waals surface area contributed by atoms with Gasteiger partial charge in [-0.05, 0) is 67.4 Å².